The number of benzene rings is 11. The first-order chi connectivity index (χ1) is 35.5. The van der Waals surface area contributed by atoms with Crippen LogP contribution in [0.15, 0.2) is 221 Å². The van der Waals surface area contributed by atoms with E-state index in [1.165, 1.54) is 65.7 Å². The molecule has 0 amide bonds. The monoisotopic (exact) mass is 939 g/mol. The first-order valence-corrected chi connectivity index (χ1v) is 25.6. The molecule has 0 unspecified atom stereocenters. The van der Waals surface area contributed by atoms with Crippen LogP contribution in [0.4, 0.5) is 0 Å². The zero-order valence-corrected chi connectivity index (χ0v) is 42.0. The van der Waals surface area contributed by atoms with E-state index in [-0.39, 0.29) is 10.8 Å². The van der Waals surface area contributed by atoms with E-state index in [1.54, 1.807) is 0 Å². The SMILES string of the molecule is CC(C)(C)c1cccc2c1oc1c(-c3ccc4c(c3)c3cc(-c5cccc6c5oc5c(C(C)(C)C)cccc56)ccc3n4-c3ccc(-c4c5ccccc5c(-c5ccccc5)c5ccccc45)cc3)cccc12. The highest BCUT2D eigenvalue weighted by Gasteiger charge is 2.25. The summed E-state index contributed by atoms with van der Waals surface area (Å²) in [6.07, 6.45) is 0. The minimum absolute atomic E-state index is 0.0691. The Morgan fingerprint density at radius 3 is 1.07 bits per heavy atom. The number of aromatic nitrogens is 1. The van der Waals surface area contributed by atoms with E-state index < -0.39 is 0 Å². The first-order valence-electron chi connectivity index (χ1n) is 25.6. The van der Waals surface area contributed by atoms with Crippen LogP contribution in [0.1, 0.15) is 52.7 Å². The van der Waals surface area contributed by atoms with Crippen molar-refractivity contribution in [3.63, 3.8) is 0 Å². The molecule has 0 radical (unpaired) electrons. The summed E-state index contributed by atoms with van der Waals surface area (Å²) in [6, 6.07) is 78.0. The van der Waals surface area contributed by atoms with Gasteiger partial charge in [-0.1, -0.05) is 217 Å². The van der Waals surface area contributed by atoms with Gasteiger partial charge >= 0.3 is 0 Å². The zero-order chi connectivity index (χ0) is 49.3. The molecule has 0 atom stereocenters. The highest BCUT2D eigenvalue weighted by Crippen LogP contribution is 2.47. The van der Waals surface area contributed by atoms with Gasteiger partial charge in [0.2, 0.25) is 0 Å². The van der Waals surface area contributed by atoms with Crippen molar-refractivity contribution < 1.29 is 8.83 Å². The van der Waals surface area contributed by atoms with Crippen molar-refractivity contribution in [2.75, 3.05) is 0 Å². The van der Waals surface area contributed by atoms with Crippen LogP contribution in [-0.4, -0.2) is 4.57 Å². The fraction of sp³-hybridized carbons (Fsp3) is 0.114. The predicted molar refractivity (Wildman–Crippen MR) is 309 cm³/mol. The van der Waals surface area contributed by atoms with E-state index in [4.69, 9.17) is 8.83 Å². The third-order valence-corrected chi connectivity index (χ3v) is 15.5. The lowest BCUT2D eigenvalue weighted by molar-refractivity contribution is 0.572. The molecular formula is C70H53NO2. The van der Waals surface area contributed by atoms with Gasteiger partial charge in [0.25, 0.3) is 0 Å². The molecule has 11 aromatic carbocycles. The third kappa shape index (κ3) is 6.65. The fourth-order valence-corrected chi connectivity index (χ4v) is 12.0. The summed E-state index contributed by atoms with van der Waals surface area (Å²) in [5, 5.41) is 11.9. The summed E-state index contributed by atoms with van der Waals surface area (Å²) in [7, 11) is 0. The number of hydrogen-bond donors (Lipinski definition) is 0. The van der Waals surface area contributed by atoms with E-state index in [0.717, 1.165) is 82.9 Å². The normalized spacial score (nSPS) is 12.5. The Labute approximate surface area is 424 Å². The zero-order valence-electron chi connectivity index (χ0n) is 42.0. The molecule has 3 heterocycles. The van der Waals surface area contributed by atoms with Crippen molar-refractivity contribution in [1.29, 1.82) is 0 Å². The Balaban J connectivity index is 0.980. The Kier molecular flexibility index (Phi) is 9.41. The lowest BCUT2D eigenvalue weighted by Gasteiger charge is -2.18. The molecule has 3 heteroatoms. The maximum Gasteiger partial charge on any atom is 0.143 e. The Bertz CT molecular complexity index is 4300. The molecule has 0 N–H and O–H groups in total. The Hall–Kier alpha value is -8.66. The quantitative estimate of drug-likeness (QED) is 0.161. The summed E-state index contributed by atoms with van der Waals surface area (Å²) in [5.74, 6) is 0. The highest BCUT2D eigenvalue weighted by atomic mass is 16.3. The lowest BCUT2D eigenvalue weighted by atomic mass is 9.86. The Morgan fingerprint density at radius 1 is 0.288 bits per heavy atom. The molecular weight excluding hydrogens is 887 g/mol. The molecule has 0 aliphatic rings. The maximum atomic E-state index is 6.96. The number of para-hydroxylation sites is 4. The van der Waals surface area contributed by atoms with Crippen LogP contribution >= 0.6 is 0 Å². The highest BCUT2D eigenvalue weighted by molar-refractivity contribution is 6.22. The molecule has 0 fully saturated rings. The van der Waals surface area contributed by atoms with Gasteiger partial charge in [-0.2, -0.15) is 0 Å². The van der Waals surface area contributed by atoms with Gasteiger partial charge < -0.3 is 13.4 Å². The second-order valence-corrected chi connectivity index (χ2v) is 22.0. The van der Waals surface area contributed by atoms with Crippen LogP contribution in [0.3, 0.4) is 0 Å². The summed E-state index contributed by atoms with van der Waals surface area (Å²) in [4.78, 5) is 0. The van der Waals surface area contributed by atoms with Crippen molar-refractivity contribution in [2.24, 2.45) is 0 Å². The van der Waals surface area contributed by atoms with Crippen LogP contribution < -0.4 is 0 Å². The van der Waals surface area contributed by atoms with Crippen LogP contribution in [-0.2, 0) is 10.8 Å². The summed E-state index contributed by atoms with van der Waals surface area (Å²) >= 11 is 0. The number of hydrogen-bond acceptors (Lipinski definition) is 2. The van der Waals surface area contributed by atoms with Crippen molar-refractivity contribution in [3.8, 4) is 50.2 Å². The molecule has 3 nitrogen and oxygen atoms in total. The number of nitrogens with zero attached hydrogens (tertiary/aromatic N) is 1. The molecule has 0 bridgehead atoms. The average molecular weight is 940 g/mol. The second-order valence-electron chi connectivity index (χ2n) is 22.0. The van der Waals surface area contributed by atoms with Gasteiger partial charge in [0.05, 0.1) is 11.0 Å². The van der Waals surface area contributed by atoms with Crippen molar-refractivity contribution >= 4 is 87.2 Å². The van der Waals surface area contributed by atoms with Gasteiger partial charge in [-0.3, -0.25) is 0 Å². The predicted octanol–water partition coefficient (Wildman–Crippen LogP) is 20.2. The lowest BCUT2D eigenvalue weighted by Crippen LogP contribution is -2.10. The molecule has 14 rings (SSSR count). The van der Waals surface area contributed by atoms with E-state index in [1.807, 2.05) is 0 Å². The van der Waals surface area contributed by atoms with Gasteiger partial charge in [-0.05, 0) is 102 Å². The van der Waals surface area contributed by atoms with Crippen molar-refractivity contribution in [2.45, 2.75) is 52.4 Å². The van der Waals surface area contributed by atoms with Crippen molar-refractivity contribution in [3.05, 3.63) is 223 Å². The van der Waals surface area contributed by atoms with E-state index in [2.05, 4.69) is 258 Å². The van der Waals surface area contributed by atoms with Crippen LogP contribution in [0.2, 0.25) is 0 Å². The van der Waals surface area contributed by atoms with Gasteiger partial charge in [0, 0.05) is 60.3 Å². The van der Waals surface area contributed by atoms with E-state index >= 15 is 0 Å². The van der Waals surface area contributed by atoms with Crippen LogP contribution in [0.25, 0.3) is 137 Å². The molecule has 0 saturated heterocycles. The van der Waals surface area contributed by atoms with E-state index in [9.17, 15) is 0 Å². The standard InChI is InChI=1S/C70H53NO2/c1-69(2,3)59-30-16-28-55-53-26-14-24-47(65(53)72-67(55)59)44-34-38-61-57(40-44)58-41-45(48-25-15-27-54-56-29-17-31-60(70(4,5)6)68(56)73-66(48)54)35-39-62(58)71(61)46-36-32-43(33-37-46)64-51-22-12-10-20-49(51)63(42-18-8-7-9-19-42)50-21-11-13-23-52(50)64/h7-41H,1-6H3. The minimum atomic E-state index is -0.0691. The van der Waals surface area contributed by atoms with E-state index in [0.29, 0.717) is 0 Å². The minimum Gasteiger partial charge on any atom is -0.455 e. The number of rotatable bonds is 5. The number of fused-ring (bicyclic) bond motifs is 11. The van der Waals surface area contributed by atoms with Gasteiger partial charge in [-0.15, -0.1) is 0 Å². The summed E-state index contributed by atoms with van der Waals surface area (Å²) in [5.41, 5.74) is 18.7. The largest absolute Gasteiger partial charge is 0.455 e. The summed E-state index contributed by atoms with van der Waals surface area (Å²) < 4.78 is 16.3. The molecule has 73 heavy (non-hydrogen) atoms. The second kappa shape index (κ2) is 15.9. The third-order valence-electron chi connectivity index (χ3n) is 15.5. The molecule has 14 aromatic rings. The van der Waals surface area contributed by atoms with Gasteiger partial charge in [0.1, 0.15) is 22.3 Å². The molecule has 0 saturated carbocycles. The van der Waals surface area contributed by atoms with Crippen molar-refractivity contribution in [1.82, 2.24) is 4.57 Å². The number of furan rings is 2. The van der Waals surface area contributed by atoms with Crippen LogP contribution in [0.5, 0.6) is 0 Å². The average Bonchev–Trinajstić information content (AvgIpc) is 4.09. The van der Waals surface area contributed by atoms with Crippen LogP contribution in [0, 0.1) is 0 Å². The molecule has 0 aliphatic heterocycles. The molecule has 350 valence electrons. The summed E-state index contributed by atoms with van der Waals surface area (Å²) in [6.45, 7) is 13.5. The Morgan fingerprint density at radius 2 is 0.644 bits per heavy atom. The molecule has 0 aliphatic carbocycles. The molecule has 3 aromatic heterocycles. The van der Waals surface area contributed by atoms with Gasteiger partial charge in [-0.25, -0.2) is 0 Å². The topological polar surface area (TPSA) is 31.2 Å². The van der Waals surface area contributed by atoms with Gasteiger partial charge in [0.15, 0.2) is 0 Å². The smallest absolute Gasteiger partial charge is 0.143 e. The fourth-order valence-electron chi connectivity index (χ4n) is 12.0. The first kappa shape index (κ1) is 43.2. The molecule has 0 spiro atoms. The maximum absolute atomic E-state index is 6.96.